The van der Waals surface area contributed by atoms with Crippen LogP contribution in [0.15, 0.2) is 30.3 Å². The molecule has 0 radical (unpaired) electrons. The van der Waals surface area contributed by atoms with Gasteiger partial charge in [0, 0.05) is 6.42 Å². The minimum absolute atomic E-state index is 0.0872. The van der Waals surface area contributed by atoms with Crippen LogP contribution in [0, 0.1) is 0 Å². The number of nitrogens with two attached hydrogens (primary N) is 1. The number of hydrogen-bond donors (Lipinski definition) is 6. The summed E-state index contributed by atoms with van der Waals surface area (Å²) in [6.45, 7) is 2.63. The molecule has 0 aliphatic rings. The molecule has 164 valence electrons. The molecule has 0 spiro atoms. The van der Waals surface area contributed by atoms with E-state index in [1.165, 1.54) is 13.8 Å². The summed E-state index contributed by atoms with van der Waals surface area (Å²) in [6, 6.07) is 4.04. The van der Waals surface area contributed by atoms with Crippen molar-refractivity contribution in [3.63, 3.8) is 0 Å². The average molecular weight is 422 g/mol. The highest BCUT2D eigenvalue weighted by atomic mass is 16.4. The third-order valence-corrected chi connectivity index (χ3v) is 4.13. The third kappa shape index (κ3) is 8.27. The van der Waals surface area contributed by atoms with Crippen LogP contribution in [0.25, 0.3) is 0 Å². The van der Waals surface area contributed by atoms with Crippen molar-refractivity contribution in [2.45, 2.75) is 50.9 Å². The van der Waals surface area contributed by atoms with Gasteiger partial charge in [-0.2, -0.15) is 0 Å². The summed E-state index contributed by atoms with van der Waals surface area (Å²) >= 11 is 0. The summed E-state index contributed by atoms with van der Waals surface area (Å²) in [4.78, 5) is 58.5. The van der Waals surface area contributed by atoms with Crippen LogP contribution in [0.4, 0.5) is 0 Å². The Labute approximate surface area is 173 Å². The molecule has 0 heterocycles. The third-order valence-electron chi connectivity index (χ3n) is 4.13. The molecule has 11 heteroatoms. The Morgan fingerprint density at radius 1 is 0.867 bits per heavy atom. The predicted octanol–water partition coefficient (Wildman–Crippen LogP) is -1.39. The van der Waals surface area contributed by atoms with Crippen LogP contribution in [-0.4, -0.2) is 64.0 Å². The Hall–Kier alpha value is -3.47. The zero-order valence-corrected chi connectivity index (χ0v) is 16.6. The second-order valence-electron chi connectivity index (χ2n) is 6.75. The fourth-order valence-electron chi connectivity index (χ4n) is 2.40. The molecule has 0 aliphatic carbocycles. The van der Waals surface area contributed by atoms with Crippen molar-refractivity contribution < 1.29 is 34.2 Å². The Kier molecular flexibility index (Phi) is 9.43. The second-order valence-corrected chi connectivity index (χ2v) is 6.75. The fourth-order valence-corrected chi connectivity index (χ4v) is 2.40. The van der Waals surface area contributed by atoms with Crippen molar-refractivity contribution >= 4 is 29.7 Å². The maximum atomic E-state index is 12.5. The van der Waals surface area contributed by atoms with Crippen LogP contribution in [-0.2, 0) is 30.4 Å². The van der Waals surface area contributed by atoms with E-state index in [0.29, 0.717) is 0 Å². The lowest BCUT2D eigenvalue weighted by atomic mass is 10.0. The summed E-state index contributed by atoms with van der Waals surface area (Å²) in [5.74, 6) is -4.75. The van der Waals surface area contributed by atoms with Gasteiger partial charge in [0.1, 0.15) is 18.1 Å². The topological polar surface area (TPSA) is 188 Å². The van der Waals surface area contributed by atoms with Gasteiger partial charge in [-0.05, 0) is 19.4 Å². The lowest BCUT2D eigenvalue weighted by Gasteiger charge is -2.23. The number of carbonyl (C=O) groups excluding carboxylic acids is 3. The Morgan fingerprint density at radius 3 is 1.97 bits per heavy atom. The van der Waals surface area contributed by atoms with E-state index in [4.69, 9.17) is 15.9 Å². The van der Waals surface area contributed by atoms with Gasteiger partial charge in [0.05, 0.1) is 12.5 Å². The SMILES string of the molecule is CC(NC(=O)C(Cc1ccccc1)NC(=O)C(C)NC(=O)C(N)CC(=O)O)C(=O)O. The molecule has 0 aromatic heterocycles. The van der Waals surface area contributed by atoms with Gasteiger partial charge < -0.3 is 31.9 Å². The highest BCUT2D eigenvalue weighted by Gasteiger charge is 2.28. The van der Waals surface area contributed by atoms with Crippen molar-refractivity contribution in [2.24, 2.45) is 5.73 Å². The van der Waals surface area contributed by atoms with Crippen LogP contribution in [0.3, 0.4) is 0 Å². The monoisotopic (exact) mass is 422 g/mol. The van der Waals surface area contributed by atoms with Crippen LogP contribution in [0.1, 0.15) is 25.8 Å². The maximum Gasteiger partial charge on any atom is 0.325 e. The molecule has 3 amide bonds. The zero-order valence-electron chi connectivity index (χ0n) is 16.6. The van der Waals surface area contributed by atoms with Gasteiger partial charge in [0.25, 0.3) is 0 Å². The lowest BCUT2D eigenvalue weighted by Crippen LogP contribution is -2.56. The largest absolute Gasteiger partial charge is 0.481 e. The van der Waals surface area contributed by atoms with Crippen LogP contribution >= 0.6 is 0 Å². The molecule has 0 bridgehead atoms. The molecule has 0 saturated carbocycles. The van der Waals surface area contributed by atoms with E-state index < -0.39 is 60.2 Å². The Balaban J connectivity index is 2.84. The number of carboxylic acid groups (broad SMARTS) is 2. The van der Waals surface area contributed by atoms with E-state index in [-0.39, 0.29) is 6.42 Å². The zero-order chi connectivity index (χ0) is 22.8. The molecule has 0 saturated heterocycles. The van der Waals surface area contributed by atoms with E-state index in [9.17, 15) is 24.0 Å². The van der Waals surface area contributed by atoms with E-state index >= 15 is 0 Å². The van der Waals surface area contributed by atoms with Gasteiger partial charge in [0.2, 0.25) is 17.7 Å². The van der Waals surface area contributed by atoms with Gasteiger partial charge in [0.15, 0.2) is 0 Å². The maximum absolute atomic E-state index is 12.5. The van der Waals surface area contributed by atoms with Gasteiger partial charge in [-0.15, -0.1) is 0 Å². The summed E-state index contributed by atoms with van der Waals surface area (Å²) in [7, 11) is 0. The Bertz CT molecular complexity index is 784. The molecule has 1 rings (SSSR count). The Morgan fingerprint density at radius 2 is 1.43 bits per heavy atom. The molecular weight excluding hydrogens is 396 g/mol. The average Bonchev–Trinajstić information content (AvgIpc) is 2.67. The van der Waals surface area contributed by atoms with Crippen LogP contribution < -0.4 is 21.7 Å². The van der Waals surface area contributed by atoms with Crippen molar-refractivity contribution in [1.29, 1.82) is 0 Å². The van der Waals surface area contributed by atoms with E-state index in [0.717, 1.165) is 5.56 Å². The lowest BCUT2D eigenvalue weighted by molar-refractivity contribution is -0.141. The van der Waals surface area contributed by atoms with Gasteiger partial charge in [-0.1, -0.05) is 30.3 Å². The molecule has 11 nitrogen and oxygen atoms in total. The van der Waals surface area contributed by atoms with Gasteiger partial charge in [-0.3, -0.25) is 24.0 Å². The first-order valence-electron chi connectivity index (χ1n) is 9.16. The second kappa shape index (κ2) is 11.5. The fraction of sp³-hybridized carbons (Fsp3) is 0.421. The van der Waals surface area contributed by atoms with E-state index in [1.807, 2.05) is 0 Å². The van der Waals surface area contributed by atoms with Crippen molar-refractivity contribution in [2.75, 3.05) is 0 Å². The quantitative estimate of drug-likeness (QED) is 0.251. The standard InChI is InChI=1S/C19H26N4O7/c1-10(21-17(27)13(20)9-15(24)25)16(26)23-14(8-12-6-4-3-5-7-12)18(28)22-11(2)19(29)30/h3-7,10-11,13-14H,8-9,20H2,1-2H3,(H,21,27)(H,22,28)(H,23,26)(H,24,25)(H,29,30). The van der Waals surface area contributed by atoms with Crippen molar-refractivity contribution in [3.8, 4) is 0 Å². The van der Waals surface area contributed by atoms with Crippen LogP contribution in [0.2, 0.25) is 0 Å². The molecular formula is C19H26N4O7. The molecule has 1 aromatic rings. The molecule has 4 unspecified atom stereocenters. The first kappa shape index (κ1) is 24.6. The normalized spacial score (nSPS) is 14.5. The molecule has 0 aliphatic heterocycles. The molecule has 0 fully saturated rings. The van der Waals surface area contributed by atoms with E-state index in [2.05, 4.69) is 16.0 Å². The van der Waals surface area contributed by atoms with Crippen molar-refractivity contribution in [1.82, 2.24) is 16.0 Å². The number of carbonyl (C=O) groups is 5. The van der Waals surface area contributed by atoms with Crippen LogP contribution in [0.5, 0.6) is 0 Å². The van der Waals surface area contributed by atoms with Crippen molar-refractivity contribution in [3.05, 3.63) is 35.9 Å². The molecule has 4 atom stereocenters. The summed E-state index contributed by atoms with van der Waals surface area (Å²) in [5, 5.41) is 24.7. The highest BCUT2D eigenvalue weighted by molar-refractivity contribution is 5.94. The first-order valence-corrected chi connectivity index (χ1v) is 9.16. The number of rotatable bonds is 11. The van der Waals surface area contributed by atoms with Gasteiger partial charge in [-0.25, -0.2) is 0 Å². The summed E-state index contributed by atoms with van der Waals surface area (Å²) in [6.07, 6.45) is -0.518. The number of benzene rings is 1. The number of amides is 3. The highest BCUT2D eigenvalue weighted by Crippen LogP contribution is 2.05. The van der Waals surface area contributed by atoms with E-state index in [1.54, 1.807) is 30.3 Å². The summed E-state index contributed by atoms with van der Waals surface area (Å²) < 4.78 is 0. The molecule has 30 heavy (non-hydrogen) atoms. The number of aliphatic carboxylic acids is 2. The molecule has 7 N–H and O–H groups in total. The summed E-state index contributed by atoms with van der Waals surface area (Å²) in [5.41, 5.74) is 6.18. The predicted molar refractivity (Wildman–Crippen MR) is 105 cm³/mol. The number of nitrogens with one attached hydrogen (secondary N) is 3. The van der Waals surface area contributed by atoms with Gasteiger partial charge >= 0.3 is 11.9 Å². The minimum atomic E-state index is -1.34. The minimum Gasteiger partial charge on any atom is -0.481 e. The molecule has 1 aromatic carbocycles. The number of hydrogen-bond acceptors (Lipinski definition) is 6. The number of carboxylic acids is 2. The smallest absolute Gasteiger partial charge is 0.325 e. The first-order chi connectivity index (χ1) is 14.0.